The number of halogens is 3. The van der Waals surface area contributed by atoms with Crippen LogP contribution in [0.3, 0.4) is 0 Å². The van der Waals surface area contributed by atoms with Crippen LogP contribution in [0.2, 0.25) is 5.02 Å². The largest absolute Gasteiger partial charge is 0.289 e. The highest BCUT2D eigenvalue weighted by Crippen LogP contribution is 2.43. The van der Waals surface area contributed by atoms with E-state index in [0.717, 1.165) is 20.1 Å². The maximum atomic E-state index is 12.2. The molecule has 17 heavy (non-hydrogen) atoms. The molecular weight excluding hydrogens is 367 g/mol. The molecule has 0 aliphatic heterocycles. The van der Waals surface area contributed by atoms with E-state index in [0.29, 0.717) is 16.1 Å². The van der Waals surface area contributed by atoms with E-state index in [-0.39, 0.29) is 5.78 Å². The molecule has 0 amide bonds. The molecule has 3 rings (SSSR count). The lowest BCUT2D eigenvalue weighted by atomic mass is 10.1. The van der Waals surface area contributed by atoms with Gasteiger partial charge in [0.1, 0.15) is 0 Å². The third-order valence-corrected chi connectivity index (χ3v) is 4.04. The van der Waals surface area contributed by atoms with Gasteiger partial charge in [0.2, 0.25) is 0 Å². The van der Waals surface area contributed by atoms with Crippen molar-refractivity contribution in [2.75, 3.05) is 0 Å². The Kier molecular flexibility index (Phi) is 2.65. The molecule has 0 saturated heterocycles. The molecule has 2 aromatic carbocycles. The van der Waals surface area contributed by atoms with Crippen molar-refractivity contribution in [1.82, 2.24) is 0 Å². The van der Waals surface area contributed by atoms with Crippen molar-refractivity contribution in [2.24, 2.45) is 0 Å². The Morgan fingerprint density at radius 1 is 0.882 bits per heavy atom. The SMILES string of the molecule is O=C1c2cc(Br)ccc2-c2c(Cl)cc(Br)cc21. The predicted molar refractivity (Wildman–Crippen MR) is 75.7 cm³/mol. The number of hydrogen-bond acceptors (Lipinski definition) is 1. The number of hydrogen-bond donors (Lipinski definition) is 0. The van der Waals surface area contributed by atoms with Gasteiger partial charge in [0.25, 0.3) is 0 Å². The number of rotatable bonds is 0. The summed E-state index contributed by atoms with van der Waals surface area (Å²) in [5, 5.41) is 0.601. The Balaban J connectivity index is 2.39. The first-order chi connectivity index (χ1) is 8.08. The Bertz CT molecular complexity index is 665. The standard InChI is InChI=1S/C13H5Br2ClO/c14-6-1-2-8-9(3-6)13(17)10-4-7(15)5-11(16)12(8)10/h1-5H. The lowest BCUT2D eigenvalue weighted by Crippen LogP contribution is -1.94. The summed E-state index contributed by atoms with van der Waals surface area (Å²) < 4.78 is 1.72. The summed E-state index contributed by atoms with van der Waals surface area (Å²) in [5.74, 6) is 0.0273. The number of benzene rings is 2. The lowest BCUT2D eigenvalue weighted by Gasteiger charge is -2.03. The van der Waals surface area contributed by atoms with Crippen LogP contribution >= 0.6 is 43.5 Å². The van der Waals surface area contributed by atoms with Crippen LogP contribution in [0, 0.1) is 0 Å². The molecule has 0 aromatic heterocycles. The summed E-state index contributed by atoms with van der Waals surface area (Å²) in [7, 11) is 0. The van der Waals surface area contributed by atoms with Gasteiger partial charge >= 0.3 is 0 Å². The zero-order chi connectivity index (χ0) is 12.2. The minimum atomic E-state index is 0.0273. The van der Waals surface area contributed by atoms with Gasteiger partial charge < -0.3 is 0 Å². The van der Waals surface area contributed by atoms with E-state index >= 15 is 0 Å². The van der Waals surface area contributed by atoms with Gasteiger partial charge in [-0.2, -0.15) is 0 Å². The molecule has 0 saturated carbocycles. The Morgan fingerprint density at radius 3 is 2.35 bits per heavy atom. The van der Waals surface area contributed by atoms with Gasteiger partial charge in [-0.15, -0.1) is 0 Å². The van der Waals surface area contributed by atoms with Crippen LogP contribution in [0.25, 0.3) is 11.1 Å². The van der Waals surface area contributed by atoms with Gasteiger partial charge in [-0.25, -0.2) is 0 Å². The molecule has 0 radical (unpaired) electrons. The molecule has 1 nitrogen and oxygen atoms in total. The third-order valence-electron chi connectivity index (χ3n) is 2.80. The Hall–Kier alpha value is -0.640. The molecule has 0 N–H and O–H groups in total. The molecule has 0 unspecified atom stereocenters. The third kappa shape index (κ3) is 1.68. The second kappa shape index (κ2) is 3.94. The molecule has 2 aromatic rings. The topological polar surface area (TPSA) is 17.1 Å². The van der Waals surface area contributed by atoms with Crippen LogP contribution in [0.15, 0.2) is 39.3 Å². The highest BCUT2D eigenvalue weighted by molar-refractivity contribution is 9.10. The van der Waals surface area contributed by atoms with E-state index in [4.69, 9.17) is 11.6 Å². The zero-order valence-corrected chi connectivity index (χ0v) is 12.4. The van der Waals surface area contributed by atoms with Gasteiger partial charge in [-0.05, 0) is 29.8 Å². The second-order valence-electron chi connectivity index (χ2n) is 3.83. The monoisotopic (exact) mass is 370 g/mol. The average Bonchev–Trinajstić information content (AvgIpc) is 2.53. The number of carbonyl (C=O) groups is 1. The molecule has 0 fully saturated rings. The summed E-state index contributed by atoms with van der Waals surface area (Å²) in [5.41, 5.74) is 3.11. The first kappa shape index (κ1) is 11.5. The number of ketones is 1. The fourth-order valence-electron chi connectivity index (χ4n) is 2.09. The van der Waals surface area contributed by atoms with E-state index < -0.39 is 0 Å². The molecule has 0 bridgehead atoms. The molecule has 0 atom stereocenters. The summed E-state index contributed by atoms with van der Waals surface area (Å²) in [4.78, 5) is 12.2. The van der Waals surface area contributed by atoms with Crippen LogP contribution in [-0.4, -0.2) is 5.78 Å². The lowest BCUT2D eigenvalue weighted by molar-refractivity contribution is 0.104. The molecule has 1 aliphatic carbocycles. The molecule has 84 valence electrons. The fourth-order valence-corrected chi connectivity index (χ4v) is 3.37. The molecule has 0 spiro atoms. The van der Waals surface area contributed by atoms with Crippen molar-refractivity contribution in [3.05, 3.63) is 55.4 Å². The van der Waals surface area contributed by atoms with Gasteiger partial charge in [-0.3, -0.25) is 4.79 Å². The van der Waals surface area contributed by atoms with Gasteiger partial charge in [0.15, 0.2) is 5.78 Å². The van der Waals surface area contributed by atoms with E-state index in [1.807, 2.05) is 30.3 Å². The van der Waals surface area contributed by atoms with Gasteiger partial charge in [0.05, 0.1) is 5.02 Å². The predicted octanol–water partition coefficient (Wildman–Crippen LogP) is 5.08. The van der Waals surface area contributed by atoms with Crippen molar-refractivity contribution in [2.45, 2.75) is 0 Å². The minimum Gasteiger partial charge on any atom is -0.289 e. The Labute approximate surface area is 120 Å². The summed E-state index contributed by atoms with van der Waals surface area (Å²) >= 11 is 12.9. The van der Waals surface area contributed by atoms with Crippen molar-refractivity contribution in [3.8, 4) is 11.1 Å². The Morgan fingerprint density at radius 2 is 1.59 bits per heavy atom. The van der Waals surface area contributed by atoms with E-state index in [9.17, 15) is 4.79 Å². The van der Waals surface area contributed by atoms with Gasteiger partial charge in [0, 0.05) is 25.6 Å². The minimum absolute atomic E-state index is 0.0273. The van der Waals surface area contributed by atoms with E-state index in [1.165, 1.54) is 0 Å². The zero-order valence-electron chi connectivity index (χ0n) is 8.43. The van der Waals surface area contributed by atoms with Crippen molar-refractivity contribution >= 4 is 49.2 Å². The summed E-state index contributed by atoms with van der Waals surface area (Å²) in [6.07, 6.45) is 0. The van der Waals surface area contributed by atoms with Crippen LogP contribution in [0.1, 0.15) is 15.9 Å². The maximum absolute atomic E-state index is 12.2. The van der Waals surface area contributed by atoms with Crippen LogP contribution < -0.4 is 0 Å². The van der Waals surface area contributed by atoms with E-state index in [1.54, 1.807) is 0 Å². The first-order valence-corrected chi connectivity index (χ1v) is 6.88. The van der Waals surface area contributed by atoms with Crippen molar-refractivity contribution < 1.29 is 4.79 Å². The quantitative estimate of drug-likeness (QED) is 0.538. The van der Waals surface area contributed by atoms with E-state index in [2.05, 4.69) is 31.9 Å². The van der Waals surface area contributed by atoms with Crippen LogP contribution in [0.5, 0.6) is 0 Å². The molecule has 4 heteroatoms. The smallest absolute Gasteiger partial charge is 0.194 e. The average molecular weight is 372 g/mol. The summed E-state index contributed by atoms with van der Waals surface area (Å²) in [6.45, 7) is 0. The normalized spacial score (nSPS) is 12.5. The number of fused-ring (bicyclic) bond motifs is 3. The number of carbonyl (C=O) groups excluding carboxylic acids is 1. The van der Waals surface area contributed by atoms with Crippen molar-refractivity contribution in [1.29, 1.82) is 0 Å². The van der Waals surface area contributed by atoms with Gasteiger partial charge in [-0.1, -0.05) is 49.5 Å². The van der Waals surface area contributed by atoms with Crippen LogP contribution in [0.4, 0.5) is 0 Å². The highest BCUT2D eigenvalue weighted by Gasteiger charge is 2.29. The molecule has 0 heterocycles. The second-order valence-corrected chi connectivity index (χ2v) is 6.07. The van der Waals surface area contributed by atoms with Crippen molar-refractivity contribution in [3.63, 3.8) is 0 Å². The fraction of sp³-hybridized carbons (Fsp3) is 0. The van der Waals surface area contributed by atoms with Crippen LogP contribution in [-0.2, 0) is 0 Å². The maximum Gasteiger partial charge on any atom is 0.194 e. The highest BCUT2D eigenvalue weighted by atomic mass is 79.9. The molecule has 1 aliphatic rings. The molecular formula is C13H5Br2ClO. The first-order valence-electron chi connectivity index (χ1n) is 4.91. The summed E-state index contributed by atoms with van der Waals surface area (Å²) in [6, 6.07) is 9.30.